The zero-order chi connectivity index (χ0) is 19.2. The molecule has 138 valence electrons. The van der Waals surface area contributed by atoms with E-state index < -0.39 is 0 Å². The van der Waals surface area contributed by atoms with Crippen molar-refractivity contribution in [3.63, 3.8) is 0 Å². The molecule has 1 saturated carbocycles. The van der Waals surface area contributed by atoms with Crippen molar-refractivity contribution in [1.29, 1.82) is 0 Å². The molecule has 2 aromatic rings. The Labute approximate surface area is 176 Å². The molecule has 3 rings (SSSR count). The van der Waals surface area contributed by atoms with Crippen LogP contribution < -0.4 is 0 Å². The summed E-state index contributed by atoms with van der Waals surface area (Å²) < 4.78 is 0. The molecule has 0 aromatic heterocycles. The topological polar surface area (TPSA) is 12.4 Å². The summed E-state index contributed by atoms with van der Waals surface area (Å²) in [5, 5.41) is 3.12. The Morgan fingerprint density at radius 3 is 2.11 bits per heavy atom. The first kappa shape index (κ1) is 20.1. The molecule has 0 heterocycles. The molecular weight excluding hydrogens is 393 g/mol. The molecule has 27 heavy (non-hydrogen) atoms. The van der Waals surface area contributed by atoms with Gasteiger partial charge in [0, 0.05) is 11.1 Å². The Morgan fingerprint density at radius 1 is 0.963 bits per heavy atom. The summed E-state index contributed by atoms with van der Waals surface area (Å²) in [5.41, 5.74) is 3.59. The van der Waals surface area contributed by atoms with Gasteiger partial charge in [-0.25, -0.2) is 0 Å². The highest BCUT2D eigenvalue weighted by Gasteiger charge is 2.20. The predicted molar refractivity (Wildman–Crippen MR) is 119 cm³/mol. The fraction of sp³-hybridized carbons (Fsp3) is 0.348. The van der Waals surface area contributed by atoms with Gasteiger partial charge in [0.05, 0.1) is 15.2 Å². The van der Waals surface area contributed by atoms with Crippen LogP contribution in [-0.4, -0.2) is 5.16 Å². The second-order valence-corrected chi connectivity index (χ2v) is 7.99. The first-order valence-electron chi connectivity index (χ1n) is 9.29. The van der Waals surface area contributed by atoms with Crippen LogP contribution in [0.4, 0.5) is 5.69 Å². The standard InChI is InChI=1S/C23H21Cl2NS/c1-2-16-5-9-19(10-6-16)20-11-7-17(8-12-20)3-4-18-13-21(24)23(26-15-27)22(25)14-18/h7-8,11-14,16,19H,2,5-6,9-10H2,1H3. The molecule has 1 nitrogen and oxygen atoms in total. The van der Waals surface area contributed by atoms with Crippen molar-refractivity contribution in [2.45, 2.75) is 44.9 Å². The predicted octanol–water partition coefficient (Wildman–Crippen LogP) is 7.81. The van der Waals surface area contributed by atoms with E-state index in [0.29, 0.717) is 21.7 Å². The van der Waals surface area contributed by atoms with E-state index >= 15 is 0 Å². The van der Waals surface area contributed by atoms with E-state index in [1.807, 2.05) is 0 Å². The van der Waals surface area contributed by atoms with Crippen molar-refractivity contribution >= 4 is 46.3 Å². The second kappa shape index (κ2) is 9.54. The summed E-state index contributed by atoms with van der Waals surface area (Å²) >= 11 is 17.0. The minimum absolute atomic E-state index is 0.419. The average Bonchev–Trinajstić information content (AvgIpc) is 2.70. The summed E-state index contributed by atoms with van der Waals surface area (Å²) in [6.07, 6.45) is 6.63. The van der Waals surface area contributed by atoms with Crippen LogP contribution in [-0.2, 0) is 0 Å². The molecule has 1 aliphatic rings. The Hall–Kier alpha value is -1.62. The quantitative estimate of drug-likeness (QED) is 0.283. The van der Waals surface area contributed by atoms with Gasteiger partial charge < -0.3 is 0 Å². The van der Waals surface area contributed by atoms with Crippen LogP contribution >= 0.6 is 35.4 Å². The minimum atomic E-state index is 0.419. The number of thiocarbonyl (C=S) groups is 1. The van der Waals surface area contributed by atoms with Crippen LogP contribution in [0, 0.1) is 17.8 Å². The van der Waals surface area contributed by atoms with E-state index in [4.69, 9.17) is 23.2 Å². The number of halogens is 2. The van der Waals surface area contributed by atoms with E-state index in [9.17, 15) is 0 Å². The van der Waals surface area contributed by atoms with Crippen molar-refractivity contribution in [2.24, 2.45) is 10.9 Å². The highest BCUT2D eigenvalue weighted by Crippen LogP contribution is 2.37. The van der Waals surface area contributed by atoms with Crippen molar-refractivity contribution in [3.8, 4) is 11.8 Å². The number of isothiocyanates is 1. The third-order valence-electron chi connectivity index (χ3n) is 5.33. The molecule has 0 radical (unpaired) electrons. The Kier molecular flexibility index (Phi) is 7.11. The average molecular weight is 414 g/mol. The molecule has 0 atom stereocenters. The summed E-state index contributed by atoms with van der Waals surface area (Å²) in [5.74, 6) is 7.91. The molecular formula is C23H21Cl2NS. The first-order chi connectivity index (χ1) is 13.1. The molecule has 0 unspecified atom stereocenters. The SMILES string of the molecule is CCC1CCC(c2ccc(C#Cc3cc(Cl)c(N=C=S)c(Cl)c3)cc2)CC1. The van der Waals surface area contributed by atoms with E-state index in [0.717, 1.165) is 17.0 Å². The van der Waals surface area contributed by atoms with Crippen molar-refractivity contribution < 1.29 is 0 Å². The van der Waals surface area contributed by atoms with Crippen molar-refractivity contribution in [2.75, 3.05) is 0 Å². The van der Waals surface area contributed by atoms with Gasteiger partial charge in [-0.05, 0) is 79.6 Å². The van der Waals surface area contributed by atoms with Gasteiger partial charge in [-0.15, -0.1) is 0 Å². The lowest BCUT2D eigenvalue weighted by Gasteiger charge is -2.28. The van der Waals surface area contributed by atoms with Gasteiger partial charge in [0.2, 0.25) is 0 Å². The van der Waals surface area contributed by atoms with E-state index in [2.05, 4.69) is 65.4 Å². The Balaban J connectivity index is 1.72. The lowest BCUT2D eigenvalue weighted by Crippen LogP contribution is -2.12. The maximum Gasteiger partial charge on any atom is 0.111 e. The summed E-state index contributed by atoms with van der Waals surface area (Å²) in [6.45, 7) is 2.30. The van der Waals surface area contributed by atoms with Crippen molar-refractivity contribution in [1.82, 2.24) is 0 Å². The minimum Gasteiger partial charge on any atom is -0.192 e. The van der Waals surface area contributed by atoms with Gasteiger partial charge in [-0.1, -0.05) is 60.5 Å². The van der Waals surface area contributed by atoms with Gasteiger partial charge in [0.15, 0.2) is 0 Å². The zero-order valence-electron chi connectivity index (χ0n) is 15.3. The maximum atomic E-state index is 6.19. The van der Waals surface area contributed by atoms with E-state index in [1.54, 1.807) is 12.1 Å². The molecule has 0 N–H and O–H groups in total. The fourth-order valence-corrected chi connectivity index (χ4v) is 4.34. The van der Waals surface area contributed by atoms with Crippen LogP contribution in [0.3, 0.4) is 0 Å². The lowest BCUT2D eigenvalue weighted by molar-refractivity contribution is 0.319. The van der Waals surface area contributed by atoms with E-state index in [1.165, 1.54) is 37.7 Å². The molecule has 0 saturated heterocycles. The summed E-state index contributed by atoms with van der Waals surface area (Å²) in [7, 11) is 0. The Bertz CT molecular complexity index is 887. The molecule has 1 aliphatic carbocycles. The Morgan fingerprint density at radius 2 is 1.56 bits per heavy atom. The normalized spacial score (nSPS) is 18.9. The third kappa shape index (κ3) is 5.22. The van der Waals surface area contributed by atoms with Gasteiger partial charge in [-0.3, -0.25) is 0 Å². The highest BCUT2D eigenvalue weighted by atomic mass is 35.5. The molecule has 0 bridgehead atoms. The number of aliphatic imine (C=N–C) groups is 1. The van der Waals surface area contributed by atoms with Gasteiger partial charge in [0.25, 0.3) is 0 Å². The first-order valence-corrected chi connectivity index (χ1v) is 10.5. The van der Waals surface area contributed by atoms with Crippen LogP contribution in [0.5, 0.6) is 0 Å². The van der Waals surface area contributed by atoms with Crippen LogP contribution in [0.25, 0.3) is 0 Å². The third-order valence-corrected chi connectivity index (χ3v) is 6.00. The fourth-order valence-electron chi connectivity index (χ4n) is 3.68. The molecule has 4 heteroatoms. The molecule has 0 amide bonds. The summed E-state index contributed by atoms with van der Waals surface area (Å²) in [6, 6.07) is 12.1. The van der Waals surface area contributed by atoms with Gasteiger partial charge in [0.1, 0.15) is 5.69 Å². The number of benzene rings is 2. The lowest BCUT2D eigenvalue weighted by atomic mass is 9.78. The molecule has 0 aliphatic heterocycles. The van der Waals surface area contributed by atoms with Crippen molar-refractivity contribution in [3.05, 3.63) is 63.1 Å². The number of rotatable bonds is 3. The molecule has 1 fully saturated rings. The molecule has 2 aromatic carbocycles. The smallest absolute Gasteiger partial charge is 0.111 e. The molecule has 0 spiro atoms. The number of hydrogen-bond donors (Lipinski definition) is 0. The summed E-state index contributed by atoms with van der Waals surface area (Å²) in [4.78, 5) is 3.88. The highest BCUT2D eigenvalue weighted by molar-refractivity contribution is 7.78. The van der Waals surface area contributed by atoms with E-state index in [-0.39, 0.29) is 0 Å². The largest absolute Gasteiger partial charge is 0.192 e. The van der Waals surface area contributed by atoms with Gasteiger partial charge >= 0.3 is 0 Å². The number of nitrogens with zero attached hydrogens (tertiary/aromatic N) is 1. The van der Waals surface area contributed by atoms with Crippen LogP contribution in [0.1, 0.15) is 61.6 Å². The van der Waals surface area contributed by atoms with Gasteiger partial charge in [-0.2, -0.15) is 4.99 Å². The zero-order valence-corrected chi connectivity index (χ0v) is 17.6. The maximum absolute atomic E-state index is 6.19. The number of hydrogen-bond acceptors (Lipinski definition) is 2. The monoisotopic (exact) mass is 413 g/mol. The van der Waals surface area contributed by atoms with Crippen LogP contribution in [0.2, 0.25) is 10.0 Å². The second-order valence-electron chi connectivity index (χ2n) is 6.99. The van der Waals surface area contributed by atoms with Crippen LogP contribution in [0.15, 0.2) is 41.4 Å².